The third-order valence-corrected chi connectivity index (χ3v) is 9.08. The molecule has 2 fully saturated rings. The number of ether oxygens (including phenoxy) is 1. The summed E-state index contributed by atoms with van der Waals surface area (Å²) in [7, 11) is 1.66. The van der Waals surface area contributed by atoms with Gasteiger partial charge in [-0.25, -0.2) is 4.79 Å². The monoisotopic (exact) mass is 567 g/mol. The van der Waals surface area contributed by atoms with Gasteiger partial charge in [-0.1, -0.05) is 54.6 Å². The molecule has 8 heteroatoms. The van der Waals surface area contributed by atoms with Crippen molar-refractivity contribution in [1.29, 1.82) is 0 Å². The Morgan fingerprint density at radius 1 is 0.929 bits per heavy atom. The van der Waals surface area contributed by atoms with Crippen molar-refractivity contribution in [3.05, 3.63) is 89.0 Å². The Morgan fingerprint density at radius 2 is 1.71 bits per heavy atom. The van der Waals surface area contributed by atoms with Gasteiger partial charge in [0.05, 0.1) is 13.0 Å². The number of piperidine rings is 1. The molecule has 6 rings (SSSR count). The predicted octanol–water partition coefficient (Wildman–Crippen LogP) is 5.06. The summed E-state index contributed by atoms with van der Waals surface area (Å²) in [4.78, 5) is 41.7. The number of carboxylic acids is 1. The summed E-state index contributed by atoms with van der Waals surface area (Å²) in [5, 5.41) is 12.5. The van der Waals surface area contributed by atoms with Gasteiger partial charge < -0.3 is 25.0 Å². The molecule has 42 heavy (non-hydrogen) atoms. The minimum Gasteiger partial charge on any atom is -0.497 e. The Balaban J connectivity index is 1.22. The first-order chi connectivity index (χ1) is 20.4. The molecule has 1 saturated carbocycles. The van der Waals surface area contributed by atoms with Crippen molar-refractivity contribution >= 4 is 17.9 Å². The summed E-state index contributed by atoms with van der Waals surface area (Å²) < 4.78 is 5.47. The van der Waals surface area contributed by atoms with E-state index in [2.05, 4.69) is 35.6 Å². The van der Waals surface area contributed by atoms with E-state index in [1.807, 2.05) is 41.3 Å². The van der Waals surface area contributed by atoms with E-state index < -0.39 is 5.97 Å². The largest absolute Gasteiger partial charge is 0.497 e. The maximum absolute atomic E-state index is 13.5. The van der Waals surface area contributed by atoms with Gasteiger partial charge in [-0.05, 0) is 77.1 Å². The normalized spacial score (nSPS) is 20.0. The van der Waals surface area contributed by atoms with Gasteiger partial charge in [-0.15, -0.1) is 0 Å². The van der Waals surface area contributed by atoms with Crippen LogP contribution < -0.4 is 10.1 Å². The first kappa shape index (κ1) is 27.8. The molecule has 3 aromatic carbocycles. The van der Waals surface area contributed by atoms with Crippen LogP contribution in [0.1, 0.15) is 47.4 Å². The van der Waals surface area contributed by atoms with Crippen LogP contribution in [-0.4, -0.2) is 59.6 Å². The second-order valence-corrected chi connectivity index (χ2v) is 11.6. The van der Waals surface area contributed by atoms with E-state index in [1.165, 1.54) is 11.1 Å². The van der Waals surface area contributed by atoms with Gasteiger partial charge in [0.1, 0.15) is 5.75 Å². The van der Waals surface area contributed by atoms with Gasteiger partial charge >= 0.3 is 12.0 Å². The second kappa shape index (κ2) is 11.9. The van der Waals surface area contributed by atoms with Crippen LogP contribution in [-0.2, 0) is 29.1 Å². The van der Waals surface area contributed by atoms with Crippen LogP contribution in [0.5, 0.6) is 5.75 Å². The number of nitrogens with zero attached hydrogens (tertiary/aromatic N) is 2. The second-order valence-electron chi connectivity index (χ2n) is 11.6. The van der Waals surface area contributed by atoms with E-state index in [1.54, 1.807) is 12.0 Å². The van der Waals surface area contributed by atoms with E-state index >= 15 is 0 Å². The molecule has 2 unspecified atom stereocenters. The standard InChI is InChI=1S/C34H37N3O5/c1-42-26-9-5-8-24(18-26)27-11-10-25(20-35-32(38)30-19-29(30)22-6-3-2-4-7-22)31-21-37(17-14-28(27)31)34(41)36-15-12-23(13-16-36)33(39)40/h2-11,18,23,29-30H,12-17,19-21H2,1H3,(H,35,38)(H,39,40). The molecule has 0 aromatic heterocycles. The third-order valence-electron chi connectivity index (χ3n) is 9.08. The van der Waals surface area contributed by atoms with E-state index in [-0.39, 0.29) is 29.7 Å². The Morgan fingerprint density at radius 3 is 2.45 bits per heavy atom. The van der Waals surface area contributed by atoms with Crippen LogP contribution in [0.3, 0.4) is 0 Å². The number of nitrogens with one attached hydrogen (secondary N) is 1. The number of carboxylic acid groups (broad SMARTS) is 1. The van der Waals surface area contributed by atoms with Gasteiger partial charge in [-0.2, -0.15) is 0 Å². The van der Waals surface area contributed by atoms with Crippen molar-refractivity contribution < 1.29 is 24.2 Å². The zero-order valence-corrected chi connectivity index (χ0v) is 23.9. The topological polar surface area (TPSA) is 99.2 Å². The molecule has 1 aliphatic carbocycles. The molecule has 0 radical (unpaired) electrons. The number of fused-ring (bicyclic) bond motifs is 1. The Labute approximate surface area is 246 Å². The lowest BCUT2D eigenvalue weighted by Gasteiger charge is -2.38. The molecule has 2 heterocycles. The summed E-state index contributed by atoms with van der Waals surface area (Å²) in [6, 6.07) is 22.3. The fraction of sp³-hybridized carbons (Fsp3) is 0.382. The fourth-order valence-corrected chi connectivity index (χ4v) is 6.52. The van der Waals surface area contributed by atoms with E-state index in [0.717, 1.165) is 34.4 Å². The van der Waals surface area contributed by atoms with E-state index in [0.29, 0.717) is 52.0 Å². The van der Waals surface area contributed by atoms with Gasteiger partial charge in [0.2, 0.25) is 5.91 Å². The lowest BCUT2D eigenvalue weighted by Crippen LogP contribution is -2.49. The van der Waals surface area contributed by atoms with Crippen LogP contribution in [0.25, 0.3) is 11.1 Å². The Bertz CT molecular complexity index is 1480. The van der Waals surface area contributed by atoms with E-state index in [4.69, 9.17) is 4.74 Å². The number of likely N-dealkylation sites (tertiary alicyclic amines) is 1. The number of urea groups is 1. The summed E-state index contributed by atoms with van der Waals surface area (Å²) >= 11 is 0. The molecule has 0 bridgehead atoms. The molecule has 218 valence electrons. The number of aliphatic carboxylic acids is 1. The molecule has 8 nitrogen and oxygen atoms in total. The summed E-state index contributed by atoms with van der Waals surface area (Å²) in [6.07, 6.45) is 2.52. The van der Waals surface area contributed by atoms with Gasteiger partial charge in [0.25, 0.3) is 0 Å². The molecule has 3 aliphatic rings. The average molecular weight is 568 g/mol. The summed E-state index contributed by atoms with van der Waals surface area (Å²) in [6.45, 7) is 2.35. The Kier molecular flexibility index (Phi) is 7.87. The van der Waals surface area contributed by atoms with Crippen LogP contribution in [0.15, 0.2) is 66.7 Å². The summed E-state index contributed by atoms with van der Waals surface area (Å²) in [5.41, 5.74) is 6.66. The maximum Gasteiger partial charge on any atom is 0.320 e. The highest BCUT2D eigenvalue weighted by molar-refractivity contribution is 5.83. The van der Waals surface area contributed by atoms with Gasteiger partial charge in [-0.3, -0.25) is 9.59 Å². The van der Waals surface area contributed by atoms with Crippen molar-refractivity contribution in [2.45, 2.75) is 44.7 Å². The number of hydrogen-bond acceptors (Lipinski definition) is 4. The number of carbonyl (C=O) groups excluding carboxylic acids is 2. The van der Waals surface area contributed by atoms with Crippen molar-refractivity contribution in [2.75, 3.05) is 26.7 Å². The molecule has 2 N–H and O–H groups in total. The maximum atomic E-state index is 13.5. The zero-order chi connectivity index (χ0) is 29.2. The first-order valence-corrected chi connectivity index (χ1v) is 14.8. The van der Waals surface area contributed by atoms with Crippen molar-refractivity contribution in [3.63, 3.8) is 0 Å². The predicted molar refractivity (Wildman–Crippen MR) is 159 cm³/mol. The number of hydrogen-bond donors (Lipinski definition) is 2. The molecule has 3 aromatic rings. The van der Waals surface area contributed by atoms with Crippen molar-refractivity contribution in [1.82, 2.24) is 15.1 Å². The molecule has 2 aliphatic heterocycles. The number of benzene rings is 3. The van der Waals surface area contributed by atoms with E-state index in [9.17, 15) is 19.5 Å². The molecule has 1 saturated heterocycles. The van der Waals surface area contributed by atoms with Gasteiger partial charge in [0.15, 0.2) is 0 Å². The minimum absolute atomic E-state index is 0.00825. The number of methoxy groups -OCH3 is 1. The highest BCUT2D eigenvalue weighted by atomic mass is 16.5. The highest BCUT2D eigenvalue weighted by Gasteiger charge is 2.43. The smallest absolute Gasteiger partial charge is 0.320 e. The first-order valence-electron chi connectivity index (χ1n) is 14.8. The number of rotatable bonds is 7. The lowest BCUT2D eigenvalue weighted by atomic mass is 9.87. The molecule has 2 atom stereocenters. The number of amides is 3. The third kappa shape index (κ3) is 5.71. The van der Waals surface area contributed by atoms with Crippen LogP contribution >= 0.6 is 0 Å². The molecule has 3 amide bonds. The van der Waals surface area contributed by atoms with Crippen molar-refractivity contribution in [2.24, 2.45) is 11.8 Å². The molecule has 0 spiro atoms. The quantitative estimate of drug-likeness (QED) is 0.416. The number of carbonyl (C=O) groups is 3. The molecular weight excluding hydrogens is 530 g/mol. The molecular formula is C34H37N3O5. The fourth-order valence-electron chi connectivity index (χ4n) is 6.52. The summed E-state index contributed by atoms with van der Waals surface area (Å²) in [5.74, 6) is -0.0521. The van der Waals surface area contributed by atoms with Crippen LogP contribution in [0, 0.1) is 11.8 Å². The zero-order valence-electron chi connectivity index (χ0n) is 23.9. The Hall–Kier alpha value is -4.33. The highest BCUT2D eigenvalue weighted by Crippen LogP contribution is 2.47. The van der Waals surface area contributed by atoms with Crippen molar-refractivity contribution in [3.8, 4) is 16.9 Å². The SMILES string of the molecule is COc1cccc(-c2ccc(CNC(=O)C3CC3c3ccccc3)c3c2CCN(C(=O)N2CCC(C(=O)O)CC2)C3)c1. The lowest BCUT2D eigenvalue weighted by molar-refractivity contribution is -0.143. The van der Waals surface area contributed by atoms with Gasteiger partial charge in [0, 0.05) is 38.6 Å². The average Bonchev–Trinajstić information content (AvgIpc) is 3.85. The minimum atomic E-state index is -0.785. The van der Waals surface area contributed by atoms with Crippen LogP contribution in [0.2, 0.25) is 0 Å². The van der Waals surface area contributed by atoms with Crippen LogP contribution in [0.4, 0.5) is 4.79 Å².